The van der Waals surface area contributed by atoms with Crippen molar-refractivity contribution in [2.75, 3.05) is 0 Å². The zero-order valence-electron chi connectivity index (χ0n) is 11.8. The van der Waals surface area contributed by atoms with Crippen molar-refractivity contribution in [3.05, 3.63) is 69.9 Å². The molecule has 3 aromatic heterocycles. The molecule has 0 N–H and O–H groups in total. The molecule has 114 valence electrons. The topological polar surface area (TPSA) is 34.9 Å². The molecular weight excluding hydrogens is 439 g/mol. The molecule has 0 aliphatic rings. The van der Waals surface area contributed by atoms with Gasteiger partial charge in [0.15, 0.2) is 16.6 Å². The zero-order chi connectivity index (χ0) is 15.8. The quantitative estimate of drug-likeness (QED) is 0.415. The second kappa shape index (κ2) is 6.18. The van der Waals surface area contributed by atoms with Crippen LogP contribution in [0.2, 0.25) is 0 Å². The van der Waals surface area contributed by atoms with Crippen LogP contribution in [0.1, 0.15) is 0 Å². The van der Waals surface area contributed by atoms with Crippen molar-refractivity contribution in [1.82, 2.24) is 8.96 Å². The number of halogens is 1. The summed E-state index contributed by atoms with van der Waals surface area (Å²) >= 11 is 3.97. The van der Waals surface area contributed by atoms with Gasteiger partial charge in [0, 0.05) is 31.8 Å². The average molecular weight is 450 g/mol. The first kappa shape index (κ1) is 15.0. The van der Waals surface area contributed by atoms with Crippen LogP contribution in [-0.2, 0) is 11.0 Å². The van der Waals surface area contributed by atoms with Crippen LogP contribution in [0, 0.1) is 3.57 Å². The van der Waals surface area contributed by atoms with Gasteiger partial charge >= 0.3 is 0 Å². The summed E-state index contributed by atoms with van der Waals surface area (Å²) in [6.07, 6.45) is 3.75. The first-order valence-electron chi connectivity index (χ1n) is 6.92. The van der Waals surface area contributed by atoms with E-state index in [0.29, 0.717) is 0 Å². The summed E-state index contributed by atoms with van der Waals surface area (Å²) in [6.45, 7) is 0. The van der Waals surface area contributed by atoms with Gasteiger partial charge in [-0.05, 0) is 52.2 Å². The van der Waals surface area contributed by atoms with Crippen LogP contribution in [-0.4, -0.2) is 13.2 Å². The van der Waals surface area contributed by atoms with Crippen LogP contribution in [0.25, 0.3) is 21.5 Å². The maximum atomic E-state index is 12.8. The minimum atomic E-state index is -1.29. The standard InChI is InChI=1S/C17H11IN2OS2/c18-15-11-20(23(21)13-5-2-1-3-6-13)17-14(15)9-12(10-19-17)16-7-4-8-22-16/h1-11H. The lowest BCUT2D eigenvalue weighted by atomic mass is 10.2. The molecule has 0 radical (unpaired) electrons. The third kappa shape index (κ3) is 2.75. The molecule has 0 bridgehead atoms. The second-order valence-electron chi connectivity index (χ2n) is 4.94. The SMILES string of the molecule is O=S(c1ccccc1)n1cc(I)c2cc(-c3cccs3)cnc21. The number of thiophene rings is 1. The van der Waals surface area contributed by atoms with Gasteiger partial charge in [-0.25, -0.2) is 13.2 Å². The van der Waals surface area contributed by atoms with E-state index < -0.39 is 11.0 Å². The van der Waals surface area contributed by atoms with Crippen molar-refractivity contribution in [2.24, 2.45) is 0 Å². The largest absolute Gasteiger partial charge is 0.245 e. The third-order valence-corrected chi connectivity index (χ3v) is 6.58. The van der Waals surface area contributed by atoms with Gasteiger partial charge in [0.1, 0.15) is 0 Å². The van der Waals surface area contributed by atoms with Crippen LogP contribution in [0.15, 0.2) is 71.2 Å². The Bertz CT molecular complexity index is 994. The number of pyridine rings is 1. The van der Waals surface area contributed by atoms with Crippen molar-refractivity contribution in [3.8, 4) is 10.4 Å². The Morgan fingerprint density at radius 2 is 1.96 bits per heavy atom. The fraction of sp³-hybridized carbons (Fsp3) is 0. The molecule has 1 aromatic carbocycles. The number of rotatable bonds is 3. The number of fused-ring (bicyclic) bond motifs is 1. The summed E-state index contributed by atoms with van der Waals surface area (Å²) in [4.78, 5) is 6.53. The number of hydrogen-bond acceptors (Lipinski definition) is 3. The molecule has 4 aromatic rings. The normalized spacial score (nSPS) is 12.6. The summed E-state index contributed by atoms with van der Waals surface area (Å²) in [5.74, 6) is 0. The van der Waals surface area contributed by atoms with Crippen LogP contribution < -0.4 is 0 Å². The lowest BCUT2D eigenvalue weighted by Crippen LogP contribution is -2.04. The van der Waals surface area contributed by atoms with E-state index in [2.05, 4.69) is 45.1 Å². The molecule has 0 aliphatic carbocycles. The summed E-state index contributed by atoms with van der Waals surface area (Å²) in [5, 5.41) is 3.08. The van der Waals surface area contributed by atoms with E-state index in [-0.39, 0.29) is 0 Å². The molecular formula is C17H11IN2OS2. The van der Waals surface area contributed by atoms with Crippen molar-refractivity contribution in [2.45, 2.75) is 4.90 Å². The summed E-state index contributed by atoms with van der Waals surface area (Å²) in [7, 11) is -1.29. The van der Waals surface area contributed by atoms with Gasteiger partial charge < -0.3 is 0 Å². The van der Waals surface area contributed by atoms with Crippen molar-refractivity contribution in [3.63, 3.8) is 0 Å². The molecule has 0 fully saturated rings. The van der Waals surface area contributed by atoms with Gasteiger partial charge in [0.25, 0.3) is 0 Å². The Morgan fingerprint density at radius 1 is 1.13 bits per heavy atom. The summed E-state index contributed by atoms with van der Waals surface area (Å²) in [5.41, 5.74) is 1.84. The molecule has 0 aliphatic heterocycles. The Morgan fingerprint density at radius 3 is 2.70 bits per heavy atom. The molecule has 1 unspecified atom stereocenters. The maximum absolute atomic E-state index is 12.8. The third-order valence-electron chi connectivity index (χ3n) is 3.49. The predicted octanol–water partition coefficient (Wildman–Crippen LogP) is 4.94. The van der Waals surface area contributed by atoms with E-state index in [1.54, 1.807) is 15.3 Å². The fourth-order valence-electron chi connectivity index (χ4n) is 2.40. The smallest absolute Gasteiger partial charge is 0.158 e. The van der Waals surface area contributed by atoms with Crippen LogP contribution in [0.5, 0.6) is 0 Å². The number of benzene rings is 1. The monoisotopic (exact) mass is 450 g/mol. The minimum absolute atomic E-state index is 0.747. The van der Waals surface area contributed by atoms with Crippen molar-refractivity contribution in [1.29, 1.82) is 0 Å². The fourth-order valence-corrected chi connectivity index (χ4v) is 5.09. The van der Waals surface area contributed by atoms with E-state index in [1.807, 2.05) is 48.8 Å². The highest BCUT2D eigenvalue weighted by molar-refractivity contribution is 14.1. The van der Waals surface area contributed by atoms with Crippen LogP contribution in [0.3, 0.4) is 0 Å². The Balaban J connectivity index is 1.85. The molecule has 0 amide bonds. The van der Waals surface area contributed by atoms with Gasteiger partial charge in [-0.3, -0.25) is 0 Å². The van der Waals surface area contributed by atoms with Gasteiger partial charge in [-0.2, -0.15) is 0 Å². The van der Waals surface area contributed by atoms with E-state index in [0.717, 1.165) is 25.1 Å². The van der Waals surface area contributed by atoms with E-state index in [1.165, 1.54) is 4.88 Å². The highest BCUT2D eigenvalue weighted by Gasteiger charge is 2.15. The number of aromatic nitrogens is 2. The highest BCUT2D eigenvalue weighted by Crippen LogP contribution is 2.30. The Labute approximate surface area is 153 Å². The molecule has 3 nitrogen and oxygen atoms in total. The maximum Gasteiger partial charge on any atom is 0.158 e. The molecule has 0 saturated heterocycles. The molecule has 1 atom stereocenters. The molecule has 3 heterocycles. The minimum Gasteiger partial charge on any atom is -0.245 e. The molecule has 23 heavy (non-hydrogen) atoms. The molecule has 0 spiro atoms. The molecule has 4 rings (SSSR count). The molecule has 6 heteroatoms. The lowest BCUT2D eigenvalue weighted by molar-refractivity contribution is 0.678. The lowest BCUT2D eigenvalue weighted by Gasteiger charge is -2.05. The van der Waals surface area contributed by atoms with E-state index in [9.17, 15) is 4.21 Å². The van der Waals surface area contributed by atoms with Gasteiger partial charge in [0.2, 0.25) is 0 Å². The first-order valence-corrected chi connectivity index (χ1v) is 9.98. The van der Waals surface area contributed by atoms with Gasteiger partial charge in [0.05, 0.1) is 4.90 Å². The highest BCUT2D eigenvalue weighted by atomic mass is 127. The van der Waals surface area contributed by atoms with Gasteiger partial charge in [-0.15, -0.1) is 11.3 Å². The summed E-state index contributed by atoms with van der Waals surface area (Å²) < 4.78 is 15.6. The first-order chi connectivity index (χ1) is 11.2. The predicted molar refractivity (Wildman–Crippen MR) is 104 cm³/mol. The van der Waals surface area contributed by atoms with Crippen molar-refractivity contribution < 1.29 is 4.21 Å². The Hall–Kier alpha value is -1.51. The van der Waals surface area contributed by atoms with Crippen molar-refractivity contribution >= 4 is 55.9 Å². The summed E-state index contributed by atoms with van der Waals surface area (Å²) in [6, 6.07) is 15.7. The Kier molecular flexibility index (Phi) is 4.04. The molecule has 0 saturated carbocycles. The van der Waals surface area contributed by atoms with Crippen LogP contribution in [0.4, 0.5) is 0 Å². The average Bonchev–Trinajstić information content (AvgIpc) is 3.23. The number of hydrogen-bond donors (Lipinski definition) is 0. The van der Waals surface area contributed by atoms with Crippen LogP contribution >= 0.6 is 33.9 Å². The van der Waals surface area contributed by atoms with E-state index >= 15 is 0 Å². The number of nitrogens with zero attached hydrogens (tertiary/aromatic N) is 2. The zero-order valence-corrected chi connectivity index (χ0v) is 15.6. The van der Waals surface area contributed by atoms with E-state index in [4.69, 9.17) is 0 Å². The second-order valence-corrected chi connectivity index (χ2v) is 8.41. The van der Waals surface area contributed by atoms with Gasteiger partial charge in [-0.1, -0.05) is 24.3 Å².